The van der Waals surface area contributed by atoms with Gasteiger partial charge in [0, 0.05) is 19.8 Å². The Kier molecular flexibility index (Phi) is 4.64. The third-order valence-electron chi connectivity index (χ3n) is 7.26. The van der Waals surface area contributed by atoms with Gasteiger partial charge in [0.05, 0.1) is 36.0 Å². The number of fused-ring (bicyclic) bond motifs is 4. The molecule has 3 aliphatic heterocycles. The fourth-order valence-corrected chi connectivity index (χ4v) is 6.89. The van der Waals surface area contributed by atoms with Gasteiger partial charge < -0.3 is 25.0 Å². The van der Waals surface area contributed by atoms with Crippen LogP contribution in [0.15, 0.2) is 40.7 Å². The molecule has 6 rings (SSSR count). The molecule has 176 valence electrons. The molecule has 3 fully saturated rings. The van der Waals surface area contributed by atoms with Crippen molar-refractivity contribution >= 4 is 32.7 Å². The van der Waals surface area contributed by atoms with Crippen molar-refractivity contribution in [1.82, 2.24) is 19.8 Å². The molecule has 4 heterocycles. The van der Waals surface area contributed by atoms with Crippen LogP contribution in [0.5, 0.6) is 0 Å². The normalized spacial score (nSPS) is 26.5. The molecular weight excluding hydrogens is 444 g/mol. The van der Waals surface area contributed by atoms with Gasteiger partial charge in [-0.2, -0.15) is 0 Å². The van der Waals surface area contributed by atoms with Crippen molar-refractivity contribution in [2.24, 2.45) is 4.99 Å². The standard InChI is InChI=1S/C22H28N6O4S/c1-23-20-24-15-6-3-4-7-16(15)28(20)21-25-18(22(8-5-9-22)33(2,29)30)17-19(26-21)27-10-11-31-12-14(27)13-32-17/h3-4,6-7,14,21,25H,5,8-13H2,1-2H3,(H,23,24)/t14-,21?/m0/s1. The van der Waals surface area contributed by atoms with Gasteiger partial charge in [0.1, 0.15) is 11.4 Å². The van der Waals surface area contributed by atoms with E-state index in [2.05, 4.69) is 15.5 Å². The highest BCUT2D eigenvalue weighted by Gasteiger charge is 2.54. The predicted molar refractivity (Wildman–Crippen MR) is 125 cm³/mol. The van der Waals surface area contributed by atoms with Crippen LogP contribution >= 0.6 is 0 Å². The van der Waals surface area contributed by atoms with Crippen molar-refractivity contribution in [2.75, 3.05) is 45.0 Å². The number of rotatable bonds is 4. The Morgan fingerprint density at radius 3 is 2.79 bits per heavy atom. The van der Waals surface area contributed by atoms with E-state index in [4.69, 9.17) is 19.5 Å². The van der Waals surface area contributed by atoms with Crippen molar-refractivity contribution in [1.29, 1.82) is 0 Å². The van der Waals surface area contributed by atoms with Gasteiger partial charge in [-0.1, -0.05) is 12.1 Å². The third-order valence-corrected chi connectivity index (χ3v) is 9.29. The number of imidazole rings is 1. The molecule has 2 aromatic rings. The molecule has 0 amide bonds. The average Bonchev–Trinajstić information content (AvgIpc) is 3.15. The monoisotopic (exact) mass is 472 g/mol. The first-order chi connectivity index (χ1) is 15.9. The maximum absolute atomic E-state index is 13.1. The lowest BCUT2D eigenvalue weighted by Gasteiger charge is -2.49. The first-order valence-electron chi connectivity index (χ1n) is 11.3. The fraction of sp³-hybridized carbons (Fsp3) is 0.545. The molecule has 10 nitrogen and oxygen atoms in total. The number of sulfone groups is 1. The summed E-state index contributed by atoms with van der Waals surface area (Å²) >= 11 is 0. The molecule has 1 aromatic carbocycles. The number of hydrogen-bond acceptors (Lipinski definition) is 9. The molecule has 4 aliphatic rings. The maximum atomic E-state index is 13.1. The van der Waals surface area contributed by atoms with Crippen LogP contribution < -0.4 is 10.6 Å². The number of hydrogen-bond donors (Lipinski definition) is 2. The van der Waals surface area contributed by atoms with Crippen LogP contribution in [0.2, 0.25) is 0 Å². The Bertz CT molecular complexity index is 1280. The average molecular weight is 473 g/mol. The van der Waals surface area contributed by atoms with Crippen LogP contribution in [0.4, 0.5) is 5.95 Å². The molecule has 1 aromatic heterocycles. The second-order valence-corrected chi connectivity index (χ2v) is 11.4. The zero-order valence-corrected chi connectivity index (χ0v) is 19.6. The molecule has 0 radical (unpaired) electrons. The first kappa shape index (κ1) is 20.8. The summed E-state index contributed by atoms with van der Waals surface area (Å²) in [5.74, 6) is 1.91. The summed E-state index contributed by atoms with van der Waals surface area (Å²) in [6.07, 6.45) is 2.75. The van der Waals surface area contributed by atoms with Gasteiger partial charge in [0.2, 0.25) is 12.2 Å². The van der Waals surface area contributed by atoms with E-state index >= 15 is 0 Å². The summed E-state index contributed by atoms with van der Waals surface area (Å²) < 4.78 is 39.0. The highest BCUT2D eigenvalue weighted by atomic mass is 32.2. The van der Waals surface area contributed by atoms with E-state index in [0.29, 0.717) is 62.4 Å². The molecule has 1 aliphatic carbocycles. The topological polar surface area (TPSA) is 110 Å². The number of amidine groups is 1. The van der Waals surface area contributed by atoms with Gasteiger partial charge >= 0.3 is 0 Å². The Hall–Kier alpha value is -2.79. The van der Waals surface area contributed by atoms with Crippen LogP contribution in [-0.2, 0) is 19.3 Å². The minimum absolute atomic E-state index is 0.0557. The van der Waals surface area contributed by atoms with Crippen LogP contribution in [0, 0.1) is 0 Å². The quantitative estimate of drug-likeness (QED) is 0.688. The van der Waals surface area contributed by atoms with Crippen molar-refractivity contribution < 1.29 is 17.9 Å². The summed E-state index contributed by atoms with van der Waals surface area (Å²) in [4.78, 5) is 12.0. The number of morpholine rings is 2. The molecule has 2 N–H and O–H groups in total. The van der Waals surface area contributed by atoms with Crippen molar-refractivity contribution in [3.63, 3.8) is 0 Å². The van der Waals surface area contributed by atoms with Gasteiger partial charge in [0.15, 0.2) is 21.4 Å². The lowest BCUT2D eigenvalue weighted by atomic mass is 9.80. The molecule has 2 atom stereocenters. The lowest BCUT2D eigenvalue weighted by molar-refractivity contribution is -0.0179. The lowest BCUT2D eigenvalue weighted by Crippen LogP contribution is -2.60. The molecule has 0 bridgehead atoms. The van der Waals surface area contributed by atoms with Gasteiger partial charge in [0.25, 0.3) is 0 Å². The maximum Gasteiger partial charge on any atom is 0.206 e. The molecule has 0 spiro atoms. The van der Waals surface area contributed by atoms with Crippen LogP contribution in [0.1, 0.15) is 25.6 Å². The fourth-order valence-electron chi connectivity index (χ4n) is 5.34. The van der Waals surface area contributed by atoms with Crippen LogP contribution in [0.25, 0.3) is 11.0 Å². The zero-order valence-electron chi connectivity index (χ0n) is 18.7. The summed E-state index contributed by atoms with van der Waals surface area (Å²) in [6, 6.07) is 7.91. The predicted octanol–water partition coefficient (Wildman–Crippen LogP) is 1.45. The van der Waals surface area contributed by atoms with Gasteiger partial charge in [-0.05, 0) is 31.4 Å². The van der Waals surface area contributed by atoms with Gasteiger partial charge in [-0.3, -0.25) is 4.57 Å². The van der Waals surface area contributed by atoms with E-state index in [1.807, 2.05) is 35.9 Å². The number of anilines is 1. The molecule has 33 heavy (non-hydrogen) atoms. The number of aliphatic imine (C=N–C) groups is 1. The summed E-state index contributed by atoms with van der Waals surface area (Å²) in [5.41, 5.74) is 2.37. The Morgan fingerprint density at radius 2 is 2.06 bits per heavy atom. The molecule has 2 saturated heterocycles. The summed E-state index contributed by atoms with van der Waals surface area (Å²) in [7, 11) is -1.58. The number of para-hydroxylation sites is 2. The second-order valence-electron chi connectivity index (χ2n) is 9.07. The van der Waals surface area contributed by atoms with E-state index in [-0.39, 0.29) is 6.04 Å². The molecular formula is C22H28N6O4S. The Balaban J connectivity index is 1.55. The zero-order chi connectivity index (χ0) is 22.8. The minimum Gasteiger partial charge on any atom is -0.486 e. The number of nitrogens with zero attached hydrogens (tertiary/aromatic N) is 4. The molecule has 11 heteroatoms. The second kappa shape index (κ2) is 7.36. The number of ether oxygens (including phenoxy) is 2. The van der Waals surface area contributed by atoms with Crippen LogP contribution in [0.3, 0.4) is 0 Å². The van der Waals surface area contributed by atoms with Gasteiger partial charge in [-0.15, -0.1) is 0 Å². The van der Waals surface area contributed by atoms with E-state index in [0.717, 1.165) is 17.5 Å². The smallest absolute Gasteiger partial charge is 0.206 e. The highest BCUT2D eigenvalue weighted by Crippen LogP contribution is 2.47. The molecule has 1 saturated carbocycles. The minimum atomic E-state index is -3.40. The Labute approximate surface area is 192 Å². The SMILES string of the molecule is CNc1nc2ccccc2n1C1N=C2C(=C(C3(S(C)(=O)=O)CCC3)N1)OC[C@@H]1COCCN21. The number of aromatic nitrogens is 2. The third kappa shape index (κ3) is 2.98. The highest BCUT2D eigenvalue weighted by molar-refractivity contribution is 7.92. The molecule has 1 unspecified atom stereocenters. The van der Waals surface area contributed by atoms with E-state index in [1.165, 1.54) is 6.26 Å². The summed E-state index contributed by atoms with van der Waals surface area (Å²) in [6.45, 7) is 2.29. The van der Waals surface area contributed by atoms with E-state index in [1.54, 1.807) is 0 Å². The number of nitrogens with one attached hydrogen (secondary N) is 2. The number of benzene rings is 1. The van der Waals surface area contributed by atoms with Crippen molar-refractivity contribution in [3.05, 3.63) is 35.7 Å². The van der Waals surface area contributed by atoms with E-state index < -0.39 is 20.9 Å². The van der Waals surface area contributed by atoms with Crippen LogP contribution in [-0.4, -0.2) is 79.2 Å². The van der Waals surface area contributed by atoms with Gasteiger partial charge in [-0.25, -0.2) is 18.4 Å². The van der Waals surface area contributed by atoms with Crippen molar-refractivity contribution in [2.45, 2.75) is 36.3 Å². The van der Waals surface area contributed by atoms with Crippen molar-refractivity contribution in [3.8, 4) is 0 Å². The summed E-state index contributed by atoms with van der Waals surface area (Å²) in [5, 5.41) is 6.65. The Morgan fingerprint density at radius 1 is 1.24 bits per heavy atom. The first-order valence-corrected chi connectivity index (χ1v) is 13.2. The van der Waals surface area contributed by atoms with E-state index in [9.17, 15) is 8.42 Å². The largest absolute Gasteiger partial charge is 0.486 e.